The summed E-state index contributed by atoms with van der Waals surface area (Å²) in [5.74, 6) is 0.708. The maximum absolute atomic E-state index is 12.2. The third kappa shape index (κ3) is 5.73. The standard InChI is InChI=1S/C27H25N3O2S/c1-3-18(2)20-13-14-24-23(17-20)29-26(32-24)21-10-7-11-22(16-21)28-27(33)30-25(31)15-12-19-8-5-4-6-9-19/h4-18H,3H2,1-2H3,(H2,28,30,31,33)/b15-12+. The van der Waals surface area contributed by atoms with Crippen molar-refractivity contribution in [2.75, 3.05) is 5.32 Å². The number of oxazole rings is 1. The summed E-state index contributed by atoms with van der Waals surface area (Å²) in [5.41, 5.74) is 5.33. The highest BCUT2D eigenvalue weighted by atomic mass is 32.1. The number of nitrogens with zero attached hydrogens (tertiary/aromatic N) is 1. The molecular formula is C27H25N3O2S. The number of nitrogens with one attached hydrogen (secondary N) is 2. The lowest BCUT2D eigenvalue weighted by molar-refractivity contribution is -0.115. The van der Waals surface area contributed by atoms with Crippen LogP contribution in [0.4, 0.5) is 5.69 Å². The number of carbonyl (C=O) groups is 1. The van der Waals surface area contributed by atoms with Gasteiger partial charge in [0.15, 0.2) is 10.7 Å². The minimum absolute atomic E-state index is 0.214. The Bertz CT molecular complexity index is 1310. The molecule has 0 aliphatic heterocycles. The van der Waals surface area contributed by atoms with Crippen molar-refractivity contribution in [3.05, 3.63) is 90.0 Å². The molecule has 1 unspecified atom stereocenters. The van der Waals surface area contributed by atoms with E-state index in [9.17, 15) is 4.79 Å². The minimum Gasteiger partial charge on any atom is -0.436 e. The molecule has 4 rings (SSSR count). The van der Waals surface area contributed by atoms with Gasteiger partial charge in [0, 0.05) is 17.3 Å². The molecule has 4 aromatic rings. The zero-order valence-corrected chi connectivity index (χ0v) is 19.4. The van der Waals surface area contributed by atoms with E-state index in [0.717, 1.165) is 34.3 Å². The SMILES string of the molecule is CCC(C)c1ccc2oc(-c3cccc(NC(=S)NC(=O)/C=C/c4ccccc4)c3)nc2c1. The van der Waals surface area contributed by atoms with E-state index in [2.05, 4.69) is 41.6 Å². The van der Waals surface area contributed by atoms with Crippen LogP contribution in [-0.2, 0) is 4.79 Å². The Morgan fingerprint density at radius 1 is 1.09 bits per heavy atom. The number of rotatable bonds is 6. The maximum atomic E-state index is 12.2. The van der Waals surface area contributed by atoms with E-state index in [-0.39, 0.29) is 11.0 Å². The molecule has 5 nitrogen and oxygen atoms in total. The quantitative estimate of drug-likeness (QED) is 0.255. The van der Waals surface area contributed by atoms with Crippen molar-refractivity contribution in [3.8, 4) is 11.5 Å². The van der Waals surface area contributed by atoms with Gasteiger partial charge in [-0.1, -0.05) is 56.3 Å². The summed E-state index contributed by atoms with van der Waals surface area (Å²) in [6, 6.07) is 23.3. The van der Waals surface area contributed by atoms with E-state index in [1.165, 1.54) is 11.6 Å². The van der Waals surface area contributed by atoms with Crippen LogP contribution >= 0.6 is 12.2 Å². The lowest BCUT2D eigenvalue weighted by Gasteiger charge is -2.08. The van der Waals surface area contributed by atoms with Gasteiger partial charge in [0.25, 0.3) is 0 Å². The molecule has 1 atom stereocenters. The highest BCUT2D eigenvalue weighted by Crippen LogP contribution is 2.29. The number of fused-ring (bicyclic) bond motifs is 1. The molecule has 1 amide bonds. The summed E-state index contributed by atoms with van der Waals surface area (Å²) in [5, 5.41) is 5.91. The van der Waals surface area contributed by atoms with Crippen LogP contribution in [0, 0.1) is 0 Å². The average molecular weight is 456 g/mol. The van der Waals surface area contributed by atoms with Crippen molar-refractivity contribution in [3.63, 3.8) is 0 Å². The van der Waals surface area contributed by atoms with Gasteiger partial charge in [0.1, 0.15) is 5.52 Å². The first-order valence-corrected chi connectivity index (χ1v) is 11.3. The van der Waals surface area contributed by atoms with Crippen LogP contribution in [0.3, 0.4) is 0 Å². The van der Waals surface area contributed by atoms with Gasteiger partial charge in [-0.25, -0.2) is 4.98 Å². The van der Waals surface area contributed by atoms with Gasteiger partial charge in [-0.15, -0.1) is 0 Å². The molecule has 0 saturated heterocycles. The van der Waals surface area contributed by atoms with E-state index in [4.69, 9.17) is 16.6 Å². The number of hydrogen-bond acceptors (Lipinski definition) is 4. The van der Waals surface area contributed by atoms with Crippen LogP contribution in [0.5, 0.6) is 0 Å². The van der Waals surface area contributed by atoms with Crippen LogP contribution in [0.1, 0.15) is 37.3 Å². The summed E-state index contributed by atoms with van der Waals surface area (Å²) in [4.78, 5) is 16.8. The third-order valence-electron chi connectivity index (χ3n) is 5.42. The van der Waals surface area contributed by atoms with Gasteiger partial charge in [-0.2, -0.15) is 0 Å². The van der Waals surface area contributed by atoms with Crippen LogP contribution in [0.2, 0.25) is 0 Å². The molecule has 6 heteroatoms. The minimum atomic E-state index is -0.302. The second-order valence-electron chi connectivity index (χ2n) is 7.82. The average Bonchev–Trinajstić information content (AvgIpc) is 3.26. The Morgan fingerprint density at radius 3 is 2.70 bits per heavy atom. The third-order valence-corrected chi connectivity index (χ3v) is 5.63. The first kappa shape index (κ1) is 22.4. The Kier molecular flexibility index (Phi) is 6.95. The van der Waals surface area contributed by atoms with Gasteiger partial charge in [0.05, 0.1) is 0 Å². The number of hydrogen-bond donors (Lipinski definition) is 2. The van der Waals surface area contributed by atoms with E-state index >= 15 is 0 Å². The Morgan fingerprint density at radius 2 is 1.91 bits per heavy atom. The molecule has 0 spiro atoms. The molecule has 0 aliphatic carbocycles. The van der Waals surface area contributed by atoms with Crippen molar-refractivity contribution in [2.45, 2.75) is 26.2 Å². The fourth-order valence-electron chi connectivity index (χ4n) is 3.39. The molecule has 0 radical (unpaired) electrons. The van der Waals surface area contributed by atoms with Crippen LogP contribution in [0.25, 0.3) is 28.6 Å². The van der Waals surface area contributed by atoms with Crippen molar-refractivity contribution in [1.29, 1.82) is 0 Å². The molecule has 1 aromatic heterocycles. The first-order valence-electron chi connectivity index (χ1n) is 10.9. The Balaban J connectivity index is 1.44. The van der Waals surface area contributed by atoms with E-state index < -0.39 is 0 Å². The van der Waals surface area contributed by atoms with Crippen molar-refractivity contribution < 1.29 is 9.21 Å². The lowest BCUT2D eigenvalue weighted by Crippen LogP contribution is -2.32. The van der Waals surface area contributed by atoms with E-state index in [1.54, 1.807) is 6.08 Å². The molecule has 0 fully saturated rings. The van der Waals surface area contributed by atoms with Gasteiger partial charge in [-0.3, -0.25) is 10.1 Å². The Labute approximate surface area is 198 Å². The Hall–Kier alpha value is -3.77. The number of thiocarbonyl (C=S) groups is 1. The van der Waals surface area contributed by atoms with E-state index in [1.807, 2.05) is 60.7 Å². The summed E-state index contributed by atoms with van der Waals surface area (Å²) < 4.78 is 5.97. The van der Waals surface area contributed by atoms with Crippen molar-refractivity contribution >= 4 is 46.1 Å². The molecule has 0 saturated carbocycles. The number of carbonyl (C=O) groups excluding carboxylic acids is 1. The predicted molar refractivity (Wildman–Crippen MR) is 138 cm³/mol. The van der Waals surface area contributed by atoms with Crippen molar-refractivity contribution in [1.82, 2.24) is 10.3 Å². The second-order valence-corrected chi connectivity index (χ2v) is 8.23. The monoisotopic (exact) mass is 455 g/mol. The largest absolute Gasteiger partial charge is 0.436 e. The molecule has 1 heterocycles. The fourth-order valence-corrected chi connectivity index (χ4v) is 3.61. The van der Waals surface area contributed by atoms with Crippen LogP contribution < -0.4 is 10.6 Å². The predicted octanol–water partition coefficient (Wildman–Crippen LogP) is 6.53. The first-order chi connectivity index (χ1) is 16.0. The van der Waals surface area contributed by atoms with Gasteiger partial charge >= 0.3 is 0 Å². The highest BCUT2D eigenvalue weighted by molar-refractivity contribution is 7.80. The molecule has 2 N–H and O–H groups in total. The van der Waals surface area contributed by atoms with Crippen LogP contribution in [-0.4, -0.2) is 16.0 Å². The molecule has 0 bridgehead atoms. The summed E-state index contributed by atoms with van der Waals surface area (Å²) in [6.45, 7) is 4.38. The summed E-state index contributed by atoms with van der Waals surface area (Å²) >= 11 is 5.29. The molecule has 3 aromatic carbocycles. The fraction of sp³-hybridized carbons (Fsp3) is 0.148. The number of anilines is 1. The maximum Gasteiger partial charge on any atom is 0.250 e. The summed E-state index contributed by atoms with van der Waals surface area (Å²) in [6.07, 6.45) is 4.26. The normalized spacial score (nSPS) is 12.1. The van der Waals surface area contributed by atoms with Gasteiger partial charge in [0.2, 0.25) is 11.8 Å². The topological polar surface area (TPSA) is 67.2 Å². The number of amides is 1. The zero-order chi connectivity index (χ0) is 23.2. The summed E-state index contributed by atoms with van der Waals surface area (Å²) in [7, 11) is 0. The smallest absolute Gasteiger partial charge is 0.250 e. The van der Waals surface area contributed by atoms with Crippen LogP contribution in [0.15, 0.2) is 83.3 Å². The number of aromatic nitrogens is 1. The zero-order valence-electron chi connectivity index (χ0n) is 18.5. The van der Waals surface area contributed by atoms with Gasteiger partial charge in [-0.05, 0) is 72.1 Å². The molecule has 0 aliphatic rings. The molecule has 33 heavy (non-hydrogen) atoms. The lowest BCUT2D eigenvalue weighted by atomic mass is 9.98. The molecule has 166 valence electrons. The van der Waals surface area contributed by atoms with E-state index in [0.29, 0.717) is 11.8 Å². The van der Waals surface area contributed by atoms with Crippen molar-refractivity contribution in [2.24, 2.45) is 0 Å². The highest BCUT2D eigenvalue weighted by Gasteiger charge is 2.12. The van der Waals surface area contributed by atoms with Gasteiger partial charge < -0.3 is 9.73 Å². The second kappa shape index (κ2) is 10.2. The molecular weight excluding hydrogens is 430 g/mol. The number of benzene rings is 3.